The second-order valence-corrected chi connectivity index (χ2v) is 12.4. The summed E-state index contributed by atoms with van der Waals surface area (Å²) in [5, 5.41) is 14.2. The van der Waals surface area contributed by atoms with Gasteiger partial charge in [0.25, 0.3) is 0 Å². The van der Waals surface area contributed by atoms with E-state index in [0.29, 0.717) is 18.7 Å². The Morgan fingerprint density at radius 2 is 1.74 bits per heavy atom. The number of ether oxygens (including phenoxy) is 1. The Balaban J connectivity index is 1.30. The van der Waals surface area contributed by atoms with Gasteiger partial charge < -0.3 is 25.2 Å². The minimum Gasteiger partial charge on any atom is -0.497 e. The molecular weight excluding hydrogens is 586 g/mol. The smallest absolute Gasteiger partial charge is 0.246 e. The number of aromatic nitrogens is 3. The summed E-state index contributed by atoms with van der Waals surface area (Å²) in [5.74, 6) is -0.273. The highest BCUT2D eigenvalue weighted by atomic mass is 16.5. The van der Waals surface area contributed by atoms with Gasteiger partial charge in [0.05, 0.1) is 31.8 Å². The van der Waals surface area contributed by atoms with Crippen LogP contribution in [0.4, 0.5) is 0 Å². The van der Waals surface area contributed by atoms with Crippen molar-refractivity contribution in [3.8, 4) is 5.75 Å². The van der Waals surface area contributed by atoms with Gasteiger partial charge in [-0.2, -0.15) is 0 Å². The number of nitrogens with one attached hydrogen (secondary N) is 2. The van der Waals surface area contributed by atoms with E-state index in [1.54, 1.807) is 22.9 Å². The highest BCUT2D eigenvalue weighted by Gasteiger charge is 2.48. The first kappa shape index (κ1) is 31.3. The van der Waals surface area contributed by atoms with E-state index >= 15 is 0 Å². The molecule has 1 saturated heterocycles. The zero-order valence-corrected chi connectivity index (χ0v) is 26.2. The molecular formula is C34H41N7O5. The third-order valence-corrected chi connectivity index (χ3v) is 9.50. The Morgan fingerprint density at radius 3 is 2.48 bits per heavy atom. The first-order chi connectivity index (χ1) is 22.4. The number of rotatable bonds is 5. The number of hydrogen-bond donors (Lipinski definition) is 2. The largest absolute Gasteiger partial charge is 0.497 e. The summed E-state index contributed by atoms with van der Waals surface area (Å²) in [6.45, 7) is 1.11. The van der Waals surface area contributed by atoms with Gasteiger partial charge in [-0.1, -0.05) is 60.5 Å². The summed E-state index contributed by atoms with van der Waals surface area (Å²) in [6.07, 6.45) is 6.06. The molecule has 2 bridgehead atoms. The number of piperazine rings is 1. The molecule has 0 unspecified atom stereocenters. The van der Waals surface area contributed by atoms with Crippen molar-refractivity contribution in [2.24, 2.45) is 0 Å². The molecule has 242 valence electrons. The Labute approximate surface area is 268 Å². The Bertz CT molecular complexity index is 1550. The topological polar surface area (TPSA) is 139 Å². The third-order valence-electron chi connectivity index (χ3n) is 9.50. The van der Waals surface area contributed by atoms with Crippen LogP contribution in [0, 0.1) is 0 Å². The molecule has 3 aromatic rings. The minimum atomic E-state index is -0.949. The highest BCUT2D eigenvalue weighted by Crippen LogP contribution is 2.43. The van der Waals surface area contributed by atoms with E-state index in [2.05, 4.69) is 20.9 Å². The molecule has 46 heavy (non-hydrogen) atoms. The summed E-state index contributed by atoms with van der Waals surface area (Å²) < 4.78 is 7.00. The molecule has 12 heteroatoms. The predicted octanol–water partition coefficient (Wildman–Crippen LogP) is 1.98. The van der Waals surface area contributed by atoms with Crippen LogP contribution < -0.4 is 15.4 Å². The molecule has 1 aliphatic carbocycles. The average Bonchev–Trinajstić information content (AvgIpc) is 3.77. The Morgan fingerprint density at radius 1 is 0.978 bits per heavy atom. The lowest BCUT2D eigenvalue weighted by Crippen LogP contribution is -2.65. The number of carbonyl (C=O) groups is 4. The standard InChI is InChI=1S/C34H41N7O5/c1-46-27-13-11-25(12-14-27)34(15-5-6-16-34)33(45)39-18-19-41-29(23-39)31(43)35-21-26-22-40(38-37-26)17-7-10-30(42)36-28(32(41)44)20-24-8-3-2-4-9-24/h2-4,8-9,11-14,22,28-29H,5-7,10,15-21,23H2,1H3,(H,35,43)(H,36,42)/t28-,29+/m0/s1. The predicted molar refractivity (Wildman–Crippen MR) is 168 cm³/mol. The van der Waals surface area contributed by atoms with Crippen LogP contribution in [0.5, 0.6) is 5.75 Å². The van der Waals surface area contributed by atoms with Gasteiger partial charge in [-0.05, 0) is 42.5 Å². The number of carbonyl (C=O) groups excluding carboxylic acids is 4. The molecule has 3 aliphatic rings. The van der Waals surface area contributed by atoms with Crippen molar-refractivity contribution in [1.82, 2.24) is 35.4 Å². The summed E-state index contributed by atoms with van der Waals surface area (Å²) in [7, 11) is 1.61. The van der Waals surface area contributed by atoms with Gasteiger partial charge >= 0.3 is 0 Å². The third kappa shape index (κ3) is 6.61. The number of nitrogens with zero attached hydrogens (tertiary/aromatic N) is 5. The normalized spacial score (nSPS) is 22.2. The van der Waals surface area contributed by atoms with Crippen LogP contribution in [-0.2, 0) is 44.1 Å². The maximum Gasteiger partial charge on any atom is 0.246 e. The molecule has 3 heterocycles. The van der Waals surface area contributed by atoms with Crippen molar-refractivity contribution < 1.29 is 23.9 Å². The van der Waals surface area contributed by atoms with E-state index in [-0.39, 0.29) is 62.6 Å². The van der Waals surface area contributed by atoms with E-state index in [4.69, 9.17) is 4.74 Å². The fourth-order valence-electron chi connectivity index (χ4n) is 7.02. The zero-order chi connectivity index (χ0) is 32.1. The van der Waals surface area contributed by atoms with Crippen molar-refractivity contribution in [3.05, 3.63) is 77.6 Å². The first-order valence-corrected chi connectivity index (χ1v) is 16.1. The second-order valence-electron chi connectivity index (χ2n) is 12.4. The number of benzene rings is 2. The lowest BCUT2D eigenvalue weighted by molar-refractivity contribution is -0.152. The second kappa shape index (κ2) is 13.7. The lowest BCUT2D eigenvalue weighted by atomic mass is 9.77. The van der Waals surface area contributed by atoms with Gasteiger partial charge in [-0.25, -0.2) is 0 Å². The van der Waals surface area contributed by atoms with E-state index < -0.39 is 17.5 Å². The number of fused-ring (bicyclic) bond motifs is 3. The molecule has 12 nitrogen and oxygen atoms in total. The van der Waals surface area contributed by atoms with Crippen LogP contribution in [-0.4, -0.2) is 87.3 Å². The van der Waals surface area contributed by atoms with Crippen LogP contribution in [0.3, 0.4) is 0 Å². The van der Waals surface area contributed by atoms with Gasteiger partial charge in [-0.3, -0.25) is 23.9 Å². The maximum atomic E-state index is 14.5. The Hall–Kier alpha value is -4.74. The molecule has 4 amide bonds. The van der Waals surface area contributed by atoms with Crippen molar-refractivity contribution in [2.45, 2.75) is 75.5 Å². The molecule has 2 aromatic carbocycles. The molecule has 1 aromatic heterocycles. The van der Waals surface area contributed by atoms with Crippen molar-refractivity contribution >= 4 is 23.6 Å². The summed E-state index contributed by atoms with van der Waals surface area (Å²) in [6, 6.07) is 15.4. The SMILES string of the molecule is COc1ccc(C2(C(=O)N3CCN4C(=O)[C@H](Cc5ccccc5)NC(=O)CCCn5cc(nn5)CNC(=O)[C@H]4C3)CCCC2)cc1. The molecule has 2 atom stereocenters. The molecule has 1 saturated carbocycles. The zero-order valence-electron chi connectivity index (χ0n) is 26.2. The summed E-state index contributed by atoms with van der Waals surface area (Å²) in [5.41, 5.74) is 1.71. The molecule has 0 spiro atoms. The number of hydrogen-bond acceptors (Lipinski definition) is 7. The number of amides is 4. The van der Waals surface area contributed by atoms with Crippen molar-refractivity contribution in [3.63, 3.8) is 0 Å². The van der Waals surface area contributed by atoms with Gasteiger partial charge in [0, 0.05) is 32.5 Å². The van der Waals surface area contributed by atoms with Crippen LogP contribution in [0.25, 0.3) is 0 Å². The van der Waals surface area contributed by atoms with E-state index in [0.717, 1.165) is 42.6 Å². The van der Waals surface area contributed by atoms with Gasteiger partial charge in [0.2, 0.25) is 23.6 Å². The van der Waals surface area contributed by atoms with Crippen LogP contribution in [0.1, 0.15) is 55.3 Å². The van der Waals surface area contributed by atoms with Crippen LogP contribution in [0.2, 0.25) is 0 Å². The lowest BCUT2D eigenvalue weighted by Gasteiger charge is -2.44. The minimum absolute atomic E-state index is 0.0250. The van der Waals surface area contributed by atoms with Crippen LogP contribution in [0.15, 0.2) is 60.8 Å². The van der Waals surface area contributed by atoms with Crippen molar-refractivity contribution in [2.75, 3.05) is 26.7 Å². The van der Waals surface area contributed by atoms with E-state index in [1.165, 1.54) is 4.90 Å². The van der Waals surface area contributed by atoms with Crippen molar-refractivity contribution in [1.29, 1.82) is 0 Å². The molecule has 2 N–H and O–H groups in total. The quantitative estimate of drug-likeness (QED) is 0.441. The fourth-order valence-corrected chi connectivity index (χ4v) is 7.02. The average molecular weight is 628 g/mol. The molecule has 0 radical (unpaired) electrons. The summed E-state index contributed by atoms with van der Waals surface area (Å²) in [4.78, 5) is 59.0. The fraction of sp³-hybridized carbons (Fsp3) is 0.471. The van der Waals surface area contributed by atoms with Gasteiger partial charge in [0.1, 0.15) is 23.5 Å². The molecule has 2 fully saturated rings. The Kier molecular flexibility index (Phi) is 9.32. The van der Waals surface area contributed by atoms with Gasteiger partial charge in [0.15, 0.2) is 0 Å². The maximum absolute atomic E-state index is 14.5. The highest BCUT2D eigenvalue weighted by molar-refractivity contribution is 5.94. The molecule has 6 rings (SSSR count). The van der Waals surface area contributed by atoms with E-state index in [9.17, 15) is 19.2 Å². The summed E-state index contributed by atoms with van der Waals surface area (Å²) >= 11 is 0. The van der Waals surface area contributed by atoms with Gasteiger partial charge in [-0.15, -0.1) is 5.10 Å². The monoisotopic (exact) mass is 627 g/mol. The first-order valence-electron chi connectivity index (χ1n) is 16.1. The van der Waals surface area contributed by atoms with Crippen LogP contribution >= 0.6 is 0 Å². The number of aryl methyl sites for hydroxylation is 1. The molecule has 2 aliphatic heterocycles. The number of methoxy groups -OCH3 is 1. The van der Waals surface area contributed by atoms with E-state index in [1.807, 2.05) is 54.6 Å².